The minimum atomic E-state index is -3.75. The maximum absolute atomic E-state index is 12.4. The van der Waals surface area contributed by atoms with E-state index in [0.717, 1.165) is 30.7 Å². The third kappa shape index (κ3) is 5.75. The molecule has 0 saturated carbocycles. The Labute approximate surface area is 153 Å². The van der Waals surface area contributed by atoms with Crippen LogP contribution in [0, 0.1) is 0 Å². The lowest BCUT2D eigenvalue weighted by atomic mass is 10.3. The third-order valence-electron chi connectivity index (χ3n) is 3.15. The quantitative estimate of drug-likeness (QED) is 0.403. The second-order valence-corrected chi connectivity index (χ2v) is 8.50. The first-order valence-electron chi connectivity index (χ1n) is 8.00. The zero-order chi connectivity index (χ0) is 18.3. The number of unbranched alkanes of at least 4 members (excludes halogenated alkanes) is 1. The van der Waals surface area contributed by atoms with E-state index in [1.807, 2.05) is 30.3 Å². The molecule has 0 unspecified atom stereocenters. The average molecular weight is 382 g/mol. The second kappa shape index (κ2) is 8.87. The van der Waals surface area contributed by atoms with Gasteiger partial charge in [-0.05, 0) is 24.6 Å². The monoisotopic (exact) mass is 381 g/mol. The van der Waals surface area contributed by atoms with Crippen molar-refractivity contribution in [1.82, 2.24) is 4.90 Å². The summed E-state index contributed by atoms with van der Waals surface area (Å²) in [5.74, 6) is 0.656. The number of hydrogen-bond donors (Lipinski definition) is 1. The molecule has 2 rings (SSSR count). The number of benzene rings is 1. The van der Waals surface area contributed by atoms with E-state index < -0.39 is 10.0 Å². The highest BCUT2D eigenvalue weighted by Crippen LogP contribution is 2.41. The molecule has 0 radical (unpaired) electrons. The van der Waals surface area contributed by atoms with Gasteiger partial charge < -0.3 is 15.0 Å². The molecule has 0 aliphatic carbocycles. The summed E-state index contributed by atoms with van der Waals surface area (Å²) >= 11 is 1.07. The van der Waals surface area contributed by atoms with E-state index in [4.69, 9.17) is 4.74 Å². The minimum absolute atomic E-state index is 0.149. The summed E-state index contributed by atoms with van der Waals surface area (Å²) < 4.78 is 34.5. The zero-order valence-corrected chi connectivity index (χ0v) is 16.2. The number of rotatable bonds is 9. The molecule has 6 nitrogen and oxygen atoms in total. The van der Waals surface area contributed by atoms with Crippen molar-refractivity contribution < 1.29 is 13.2 Å². The van der Waals surface area contributed by atoms with Crippen LogP contribution in [0.15, 0.2) is 45.0 Å². The first kappa shape index (κ1) is 19.3. The number of nitrogens with one attached hydrogen (secondary N) is 1. The van der Waals surface area contributed by atoms with Crippen LogP contribution in [-0.2, 0) is 10.0 Å². The summed E-state index contributed by atoms with van der Waals surface area (Å²) in [5.41, 5.74) is 0.668. The predicted octanol–water partition coefficient (Wildman–Crippen LogP) is 4.03. The maximum Gasteiger partial charge on any atom is 0.293 e. The number of sulfonamides is 1. The molecule has 0 saturated heterocycles. The van der Waals surface area contributed by atoms with Crippen LogP contribution in [0.25, 0.3) is 0 Å². The molecule has 136 valence electrons. The number of nitrogens with zero attached hydrogens (tertiary/aromatic N) is 2. The number of thiophene rings is 1. The normalized spacial score (nSPS) is 11.6. The second-order valence-electron chi connectivity index (χ2n) is 5.62. The van der Waals surface area contributed by atoms with E-state index in [9.17, 15) is 8.42 Å². The summed E-state index contributed by atoms with van der Waals surface area (Å²) in [4.78, 5) is 1.58. The van der Waals surface area contributed by atoms with Crippen molar-refractivity contribution in [2.45, 2.75) is 24.0 Å². The summed E-state index contributed by atoms with van der Waals surface area (Å²) in [7, 11) is -0.319. The van der Waals surface area contributed by atoms with Gasteiger partial charge in [-0.1, -0.05) is 42.9 Å². The lowest BCUT2D eigenvalue weighted by Gasteiger charge is -2.07. The van der Waals surface area contributed by atoms with E-state index in [1.165, 1.54) is 6.34 Å². The Morgan fingerprint density at radius 3 is 2.64 bits per heavy atom. The lowest BCUT2D eigenvalue weighted by Crippen LogP contribution is -2.09. The van der Waals surface area contributed by atoms with Crippen molar-refractivity contribution in [3.63, 3.8) is 0 Å². The number of hydrogen-bond acceptors (Lipinski definition) is 5. The average Bonchev–Trinajstić information content (AvgIpc) is 2.98. The Balaban J connectivity index is 2.31. The SMILES string of the molecule is CCCCNc1cc(S(=O)(=O)/N=C/N(C)C)sc1Oc1ccccc1. The number of anilines is 1. The van der Waals surface area contributed by atoms with Crippen LogP contribution < -0.4 is 10.1 Å². The highest BCUT2D eigenvalue weighted by atomic mass is 32.2. The Morgan fingerprint density at radius 2 is 2.00 bits per heavy atom. The Hall–Kier alpha value is -2.06. The van der Waals surface area contributed by atoms with E-state index in [1.54, 1.807) is 25.1 Å². The summed E-state index contributed by atoms with van der Waals surface area (Å²) in [5, 5.41) is 3.77. The molecule has 0 spiro atoms. The Bertz CT molecular complexity index is 800. The fourth-order valence-corrected chi connectivity index (χ4v) is 4.08. The first-order valence-corrected chi connectivity index (χ1v) is 10.3. The molecule has 0 amide bonds. The maximum atomic E-state index is 12.4. The fourth-order valence-electron chi connectivity index (χ4n) is 1.88. The molecule has 1 aromatic carbocycles. The van der Waals surface area contributed by atoms with Crippen molar-refractivity contribution >= 4 is 33.4 Å². The van der Waals surface area contributed by atoms with E-state index in [-0.39, 0.29) is 4.21 Å². The van der Waals surface area contributed by atoms with E-state index in [2.05, 4.69) is 16.6 Å². The van der Waals surface area contributed by atoms with Crippen LogP contribution in [0.5, 0.6) is 10.8 Å². The van der Waals surface area contributed by atoms with E-state index >= 15 is 0 Å². The molecular formula is C17H23N3O3S2. The molecule has 1 heterocycles. The molecule has 0 aliphatic rings. The van der Waals surface area contributed by atoms with Crippen molar-refractivity contribution in [3.8, 4) is 10.8 Å². The van der Waals surface area contributed by atoms with Gasteiger partial charge in [-0.3, -0.25) is 0 Å². The molecule has 2 aromatic rings. The van der Waals surface area contributed by atoms with E-state index in [0.29, 0.717) is 16.5 Å². The van der Waals surface area contributed by atoms with Gasteiger partial charge in [0.2, 0.25) is 5.06 Å². The molecule has 1 N–H and O–H groups in total. The van der Waals surface area contributed by atoms with Crippen LogP contribution in [-0.4, -0.2) is 40.3 Å². The molecule has 1 aromatic heterocycles. The van der Waals surface area contributed by atoms with Gasteiger partial charge in [0.25, 0.3) is 10.0 Å². The first-order chi connectivity index (χ1) is 11.9. The van der Waals surface area contributed by atoms with Gasteiger partial charge in [-0.25, -0.2) is 0 Å². The molecule has 8 heteroatoms. The van der Waals surface area contributed by atoms with Gasteiger partial charge in [-0.15, -0.1) is 4.40 Å². The van der Waals surface area contributed by atoms with Crippen LogP contribution in [0.4, 0.5) is 5.69 Å². The molecule has 0 atom stereocenters. The van der Waals surface area contributed by atoms with Crippen molar-refractivity contribution in [2.24, 2.45) is 4.40 Å². The topological polar surface area (TPSA) is 71.0 Å². The molecule has 25 heavy (non-hydrogen) atoms. The predicted molar refractivity (Wildman–Crippen MR) is 104 cm³/mol. The molecular weight excluding hydrogens is 358 g/mol. The zero-order valence-electron chi connectivity index (χ0n) is 14.6. The van der Waals surface area contributed by atoms with Crippen molar-refractivity contribution in [2.75, 3.05) is 26.0 Å². The van der Waals surface area contributed by atoms with Gasteiger partial charge in [-0.2, -0.15) is 8.42 Å². The van der Waals surface area contributed by atoms with Crippen LogP contribution >= 0.6 is 11.3 Å². The van der Waals surface area contributed by atoms with Gasteiger partial charge in [0.05, 0.1) is 5.69 Å². The number of para-hydroxylation sites is 1. The Morgan fingerprint density at radius 1 is 1.28 bits per heavy atom. The molecule has 0 fully saturated rings. The standard InChI is InChI=1S/C17H23N3O3S2/c1-4-5-11-18-15-12-16(25(21,22)19-13-20(2)3)24-17(15)23-14-9-7-6-8-10-14/h6-10,12-13,18H,4-5,11H2,1-3H3/b19-13+. The highest BCUT2D eigenvalue weighted by Gasteiger charge is 2.21. The minimum Gasteiger partial charge on any atom is -0.444 e. The number of ether oxygens (including phenoxy) is 1. The van der Waals surface area contributed by atoms with Crippen LogP contribution in [0.2, 0.25) is 0 Å². The third-order valence-corrected chi connectivity index (χ3v) is 5.83. The smallest absolute Gasteiger partial charge is 0.293 e. The summed E-state index contributed by atoms with van der Waals surface area (Å²) in [6.07, 6.45) is 3.31. The van der Waals surface area contributed by atoms with Gasteiger partial charge in [0.15, 0.2) is 0 Å². The molecule has 0 bridgehead atoms. The van der Waals surface area contributed by atoms with Crippen molar-refractivity contribution in [3.05, 3.63) is 36.4 Å². The van der Waals surface area contributed by atoms with Gasteiger partial charge in [0, 0.05) is 20.6 Å². The van der Waals surface area contributed by atoms with Crippen LogP contribution in [0.1, 0.15) is 19.8 Å². The van der Waals surface area contributed by atoms with Crippen molar-refractivity contribution in [1.29, 1.82) is 0 Å². The lowest BCUT2D eigenvalue weighted by molar-refractivity contribution is 0.498. The Kier molecular flexibility index (Phi) is 6.83. The van der Waals surface area contributed by atoms with Gasteiger partial charge in [0.1, 0.15) is 16.3 Å². The molecule has 0 aliphatic heterocycles. The summed E-state index contributed by atoms with van der Waals surface area (Å²) in [6.45, 7) is 2.85. The van der Waals surface area contributed by atoms with Crippen LogP contribution in [0.3, 0.4) is 0 Å². The van der Waals surface area contributed by atoms with Gasteiger partial charge >= 0.3 is 0 Å². The highest BCUT2D eigenvalue weighted by molar-refractivity contribution is 7.92. The largest absolute Gasteiger partial charge is 0.444 e. The fraction of sp³-hybridized carbons (Fsp3) is 0.353. The summed E-state index contributed by atoms with van der Waals surface area (Å²) in [6, 6.07) is 10.9.